The van der Waals surface area contributed by atoms with Gasteiger partial charge in [-0.15, -0.1) is 0 Å². The summed E-state index contributed by atoms with van der Waals surface area (Å²) in [6.45, 7) is 6.41. The minimum absolute atomic E-state index is 0.0359. The Kier molecular flexibility index (Phi) is 45.7. The molecule has 0 saturated heterocycles. The van der Waals surface area contributed by atoms with Crippen molar-refractivity contribution in [3.05, 3.63) is 60.8 Å². The number of allylic oxidation sites excluding steroid dienone is 10. The Bertz CT molecular complexity index is 1080. The molecule has 0 aromatic rings. The van der Waals surface area contributed by atoms with Crippen molar-refractivity contribution in [1.29, 1.82) is 0 Å². The summed E-state index contributed by atoms with van der Waals surface area (Å²) in [5.74, 6) is -0.538. The molecule has 3 atom stereocenters. The van der Waals surface area contributed by atoms with Gasteiger partial charge in [0.15, 0.2) is 0 Å². The summed E-state index contributed by atoms with van der Waals surface area (Å²) in [7, 11) is 0. The van der Waals surface area contributed by atoms with E-state index in [0.717, 1.165) is 77.0 Å². The Labute approximate surface area is 371 Å². The molecule has 348 valence electrons. The first-order valence-corrected chi connectivity index (χ1v) is 25.5. The van der Waals surface area contributed by atoms with Gasteiger partial charge in [0.05, 0.1) is 25.2 Å². The molecule has 0 bridgehead atoms. The van der Waals surface area contributed by atoms with Crippen molar-refractivity contribution < 1.29 is 24.5 Å². The summed E-state index contributed by atoms with van der Waals surface area (Å²) >= 11 is 0. The summed E-state index contributed by atoms with van der Waals surface area (Å²) in [6.07, 6.45) is 58.5. The van der Waals surface area contributed by atoms with Gasteiger partial charge in [-0.05, 0) is 89.9 Å². The van der Waals surface area contributed by atoms with Crippen molar-refractivity contribution in [2.45, 2.75) is 264 Å². The molecule has 0 heterocycles. The lowest BCUT2D eigenvalue weighted by Gasteiger charge is -2.24. The highest BCUT2D eigenvalue weighted by Crippen LogP contribution is 2.17. The first-order chi connectivity index (χ1) is 29.5. The largest absolute Gasteiger partial charge is 0.462 e. The van der Waals surface area contributed by atoms with Gasteiger partial charge in [-0.2, -0.15) is 0 Å². The Morgan fingerprint density at radius 3 is 1.37 bits per heavy atom. The first-order valence-electron chi connectivity index (χ1n) is 25.5. The van der Waals surface area contributed by atoms with Crippen LogP contribution in [-0.2, 0) is 14.3 Å². The summed E-state index contributed by atoms with van der Waals surface area (Å²) in [4.78, 5) is 26.1. The summed E-state index contributed by atoms with van der Waals surface area (Å²) < 4.78 is 5.89. The Morgan fingerprint density at radius 1 is 0.483 bits per heavy atom. The third-order valence-corrected chi connectivity index (χ3v) is 11.3. The molecule has 6 nitrogen and oxygen atoms in total. The number of carbonyl (C=O) groups excluding carboxylic acids is 2. The van der Waals surface area contributed by atoms with Crippen LogP contribution < -0.4 is 5.32 Å². The number of unbranched alkanes of at least 4 members (excludes halogenated alkanes) is 23. The molecule has 3 unspecified atom stereocenters. The van der Waals surface area contributed by atoms with E-state index in [1.165, 1.54) is 122 Å². The minimum atomic E-state index is -0.803. The maximum atomic E-state index is 13.2. The van der Waals surface area contributed by atoms with Crippen molar-refractivity contribution in [3.63, 3.8) is 0 Å². The van der Waals surface area contributed by atoms with Crippen molar-refractivity contribution in [3.8, 4) is 0 Å². The van der Waals surface area contributed by atoms with Gasteiger partial charge < -0.3 is 20.3 Å². The topological polar surface area (TPSA) is 95.9 Å². The van der Waals surface area contributed by atoms with Gasteiger partial charge in [0.1, 0.15) is 6.10 Å². The van der Waals surface area contributed by atoms with Crippen LogP contribution in [0.25, 0.3) is 0 Å². The number of hydrogen-bond acceptors (Lipinski definition) is 5. The fraction of sp³-hybridized carbons (Fsp3) is 0.778. The van der Waals surface area contributed by atoms with Crippen LogP contribution in [0.5, 0.6) is 0 Å². The SMILES string of the molecule is CCCCC/C=C\C/C=C\C/C=C\C/C=C\CCCC(CC(=O)NC(CO)C(O)CCCCCCCCCCCCCC)OC(=O)CCCCCCC/C=C\CCCCC. The van der Waals surface area contributed by atoms with Crippen LogP contribution >= 0.6 is 0 Å². The van der Waals surface area contributed by atoms with E-state index in [1.807, 2.05) is 0 Å². The predicted octanol–water partition coefficient (Wildman–Crippen LogP) is 15.2. The number of ether oxygens (including phenoxy) is 1. The molecule has 0 rings (SSSR count). The summed E-state index contributed by atoms with van der Waals surface area (Å²) in [5.41, 5.74) is 0. The lowest BCUT2D eigenvalue weighted by atomic mass is 10.0. The maximum Gasteiger partial charge on any atom is 0.306 e. The van der Waals surface area contributed by atoms with Gasteiger partial charge in [-0.3, -0.25) is 9.59 Å². The van der Waals surface area contributed by atoms with Crippen LogP contribution in [0.15, 0.2) is 60.8 Å². The second kappa shape index (κ2) is 47.6. The molecule has 0 fully saturated rings. The first kappa shape index (κ1) is 57.6. The van der Waals surface area contributed by atoms with Gasteiger partial charge in [0.25, 0.3) is 0 Å². The van der Waals surface area contributed by atoms with Crippen LogP contribution in [0.2, 0.25) is 0 Å². The second-order valence-electron chi connectivity index (χ2n) is 17.2. The average molecular weight is 840 g/mol. The Morgan fingerprint density at radius 2 is 0.867 bits per heavy atom. The normalized spacial score (nSPS) is 13.8. The van der Waals surface area contributed by atoms with Crippen LogP contribution in [0, 0.1) is 0 Å². The number of aliphatic hydroxyl groups excluding tert-OH is 2. The molecule has 0 aliphatic rings. The van der Waals surface area contributed by atoms with Gasteiger partial charge >= 0.3 is 5.97 Å². The van der Waals surface area contributed by atoms with Gasteiger partial charge in [-0.1, -0.05) is 204 Å². The number of nitrogens with one attached hydrogen (secondary N) is 1. The zero-order chi connectivity index (χ0) is 43.8. The molecule has 1 amide bonds. The molecule has 0 aliphatic carbocycles. The smallest absolute Gasteiger partial charge is 0.306 e. The highest BCUT2D eigenvalue weighted by molar-refractivity contribution is 5.77. The lowest BCUT2D eigenvalue weighted by Crippen LogP contribution is -2.46. The van der Waals surface area contributed by atoms with E-state index >= 15 is 0 Å². The molecule has 6 heteroatoms. The number of esters is 1. The zero-order valence-corrected chi connectivity index (χ0v) is 39.6. The van der Waals surface area contributed by atoms with Crippen molar-refractivity contribution in [2.24, 2.45) is 0 Å². The number of aliphatic hydroxyl groups is 2. The molecule has 0 aliphatic heterocycles. The Balaban J connectivity index is 4.71. The molecule has 0 radical (unpaired) electrons. The van der Waals surface area contributed by atoms with Crippen molar-refractivity contribution >= 4 is 11.9 Å². The highest BCUT2D eigenvalue weighted by atomic mass is 16.5. The summed E-state index contributed by atoms with van der Waals surface area (Å²) in [6, 6.07) is -0.721. The Hall–Kier alpha value is -2.44. The van der Waals surface area contributed by atoms with E-state index in [2.05, 4.69) is 86.8 Å². The van der Waals surface area contributed by atoms with E-state index < -0.39 is 18.2 Å². The van der Waals surface area contributed by atoms with Gasteiger partial charge in [0.2, 0.25) is 5.91 Å². The fourth-order valence-electron chi connectivity index (χ4n) is 7.41. The van der Waals surface area contributed by atoms with E-state index in [9.17, 15) is 19.8 Å². The van der Waals surface area contributed by atoms with E-state index in [0.29, 0.717) is 19.3 Å². The maximum absolute atomic E-state index is 13.2. The van der Waals surface area contributed by atoms with Crippen molar-refractivity contribution in [1.82, 2.24) is 5.32 Å². The number of hydrogen-bond donors (Lipinski definition) is 3. The zero-order valence-electron chi connectivity index (χ0n) is 39.6. The van der Waals surface area contributed by atoms with E-state index in [1.54, 1.807) is 0 Å². The van der Waals surface area contributed by atoms with Crippen LogP contribution in [0.3, 0.4) is 0 Å². The van der Waals surface area contributed by atoms with Crippen LogP contribution in [0.4, 0.5) is 0 Å². The standard InChI is InChI=1S/C54H97NO5/c1-4-7-10-13-16-19-22-25-26-27-28-29-30-33-36-39-42-45-50(60-54(59)47-44-41-38-35-32-24-21-18-15-12-9-6-3)48-53(58)55-51(49-56)52(57)46-43-40-37-34-31-23-20-17-14-11-8-5-2/h16,18-19,21,25-26,28-29,33,36,50-52,56-57H,4-15,17,20,22-24,27,30-32,34-35,37-49H2,1-3H3,(H,55,58)/b19-16-,21-18-,26-25-,29-28-,36-33-. The molecule has 0 aromatic heterocycles. The fourth-order valence-corrected chi connectivity index (χ4v) is 7.41. The van der Waals surface area contributed by atoms with E-state index in [4.69, 9.17) is 4.74 Å². The molecule has 0 aromatic carbocycles. The molecule has 0 spiro atoms. The number of rotatable bonds is 45. The predicted molar refractivity (Wildman–Crippen MR) is 259 cm³/mol. The monoisotopic (exact) mass is 840 g/mol. The molecule has 0 saturated carbocycles. The quantitative estimate of drug-likeness (QED) is 0.0322. The highest BCUT2D eigenvalue weighted by Gasteiger charge is 2.24. The van der Waals surface area contributed by atoms with Crippen molar-refractivity contribution in [2.75, 3.05) is 6.61 Å². The van der Waals surface area contributed by atoms with E-state index in [-0.39, 0.29) is 24.9 Å². The van der Waals surface area contributed by atoms with Gasteiger partial charge in [-0.25, -0.2) is 0 Å². The molecular formula is C54H97NO5. The van der Waals surface area contributed by atoms with Crippen LogP contribution in [0.1, 0.15) is 245 Å². The molecule has 3 N–H and O–H groups in total. The third-order valence-electron chi connectivity index (χ3n) is 11.3. The lowest BCUT2D eigenvalue weighted by molar-refractivity contribution is -0.151. The molecular weight excluding hydrogens is 743 g/mol. The minimum Gasteiger partial charge on any atom is -0.462 e. The summed E-state index contributed by atoms with van der Waals surface area (Å²) in [5, 5.41) is 23.7. The number of carbonyl (C=O) groups is 2. The number of amides is 1. The third kappa shape index (κ3) is 42.3. The molecule has 60 heavy (non-hydrogen) atoms. The van der Waals surface area contributed by atoms with Crippen LogP contribution in [-0.4, -0.2) is 46.9 Å². The second-order valence-corrected chi connectivity index (χ2v) is 17.2. The average Bonchev–Trinajstić information content (AvgIpc) is 3.24. The van der Waals surface area contributed by atoms with Gasteiger partial charge in [0, 0.05) is 6.42 Å².